The van der Waals surface area contributed by atoms with Crippen LogP contribution in [0.25, 0.3) is 0 Å². The maximum Gasteiger partial charge on any atom is 0.169 e. The first-order valence-corrected chi connectivity index (χ1v) is 7.31. The summed E-state index contributed by atoms with van der Waals surface area (Å²) in [4.78, 5) is 12.5. The van der Waals surface area contributed by atoms with E-state index >= 15 is 0 Å². The molecule has 1 aromatic carbocycles. The van der Waals surface area contributed by atoms with Gasteiger partial charge in [0, 0.05) is 25.7 Å². The first-order valence-electron chi connectivity index (χ1n) is 7.31. The average Bonchev–Trinajstić information content (AvgIpc) is 2.50. The number of rotatable bonds is 2. The Balaban J connectivity index is 1.79. The summed E-state index contributed by atoms with van der Waals surface area (Å²) in [6.45, 7) is 1.72. The number of Topliss-reactive ketones (excluding diaryl/α,β-unsaturated/α-hetero) is 1. The van der Waals surface area contributed by atoms with E-state index in [1.54, 1.807) is 0 Å². The van der Waals surface area contributed by atoms with E-state index < -0.39 is 11.6 Å². The Labute approximate surface area is 122 Å². The highest BCUT2D eigenvalue weighted by molar-refractivity contribution is 5.98. The number of ether oxygens (including phenoxy) is 2. The van der Waals surface area contributed by atoms with Gasteiger partial charge in [-0.15, -0.1) is 0 Å². The van der Waals surface area contributed by atoms with Crippen LogP contribution < -0.4 is 0 Å². The molecule has 0 amide bonds. The van der Waals surface area contributed by atoms with Crippen LogP contribution in [0, 0.1) is 17.6 Å². The molecule has 2 aliphatic heterocycles. The summed E-state index contributed by atoms with van der Waals surface area (Å²) in [7, 11) is 0. The molecule has 3 nitrogen and oxygen atoms in total. The fourth-order valence-electron chi connectivity index (χ4n) is 3.26. The van der Waals surface area contributed by atoms with Crippen LogP contribution >= 0.6 is 0 Å². The lowest BCUT2D eigenvalue weighted by Crippen LogP contribution is -2.46. The lowest BCUT2D eigenvalue weighted by atomic mass is 9.78. The van der Waals surface area contributed by atoms with Gasteiger partial charge in [0.05, 0.1) is 11.2 Å². The van der Waals surface area contributed by atoms with Gasteiger partial charge in [-0.25, -0.2) is 8.78 Å². The molecule has 2 heterocycles. The minimum Gasteiger partial charge on any atom is -0.381 e. The van der Waals surface area contributed by atoms with Crippen molar-refractivity contribution in [1.29, 1.82) is 0 Å². The summed E-state index contributed by atoms with van der Waals surface area (Å²) in [6.07, 6.45) is 2.62. The molecule has 0 aromatic heterocycles. The van der Waals surface area contributed by atoms with Crippen LogP contribution in [0.1, 0.15) is 36.0 Å². The number of ketones is 1. The van der Waals surface area contributed by atoms with Gasteiger partial charge in [0.15, 0.2) is 17.4 Å². The Morgan fingerprint density at radius 1 is 1.19 bits per heavy atom. The fourth-order valence-corrected chi connectivity index (χ4v) is 3.26. The second kappa shape index (κ2) is 5.81. The van der Waals surface area contributed by atoms with Gasteiger partial charge in [-0.1, -0.05) is 6.07 Å². The molecule has 5 heteroatoms. The van der Waals surface area contributed by atoms with Crippen molar-refractivity contribution in [2.75, 3.05) is 19.8 Å². The summed E-state index contributed by atoms with van der Waals surface area (Å²) >= 11 is 0. The standard InChI is InChI=1S/C16H18F2O3/c17-13-3-1-2-12(14(13)18)15(19)11-4-7-21-16(10-11)5-8-20-9-6-16/h1-3,11H,4-10H2. The highest BCUT2D eigenvalue weighted by Crippen LogP contribution is 2.38. The molecule has 0 aliphatic carbocycles. The summed E-state index contributed by atoms with van der Waals surface area (Å²) in [6, 6.07) is 3.75. The normalized spacial score (nSPS) is 25.0. The molecule has 1 spiro atoms. The second-order valence-corrected chi connectivity index (χ2v) is 5.80. The predicted molar refractivity (Wildman–Crippen MR) is 72.1 cm³/mol. The first kappa shape index (κ1) is 14.6. The fraction of sp³-hybridized carbons (Fsp3) is 0.562. The van der Waals surface area contributed by atoms with E-state index in [0.29, 0.717) is 32.7 Å². The van der Waals surface area contributed by atoms with Crippen LogP contribution in [0.3, 0.4) is 0 Å². The van der Waals surface area contributed by atoms with Gasteiger partial charge in [-0.05, 0) is 37.8 Å². The summed E-state index contributed by atoms with van der Waals surface area (Å²) in [5.74, 6) is -2.65. The van der Waals surface area contributed by atoms with Crippen LogP contribution in [0.2, 0.25) is 0 Å². The zero-order valence-electron chi connectivity index (χ0n) is 11.7. The third-order valence-corrected chi connectivity index (χ3v) is 4.48. The first-order chi connectivity index (χ1) is 10.1. The Morgan fingerprint density at radius 3 is 2.71 bits per heavy atom. The molecule has 21 heavy (non-hydrogen) atoms. The number of hydrogen-bond donors (Lipinski definition) is 0. The van der Waals surface area contributed by atoms with Crippen LogP contribution in [0.5, 0.6) is 0 Å². The molecule has 1 atom stereocenters. The molecule has 0 N–H and O–H groups in total. The van der Waals surface area contributed by atoms with E-state index in [0.717, 1.165) is 18.9 Å². The third-order valence-electron chi connectivity index (χ3n) is 4.48. The SMILES string of the molecule is O=C(c1cccc(F)c1F)C1CCOC2(CCOCC2)C1. The van der Waals surface area contributed by atoms with Crippen LogP contribution in [0.4, 0.5) is 8.78 Å². The summed E-state index contributed by atoms with van der Waals surface area (Å²) in [5, 5.41) is 0. The molecule has 2 saturated heterocycles. The molecule has 3 rings (SSSR count). The van der Waals surface area contributed by atoms with Gasteiger partial charge in [0.25, 0.3) is 0 Å². The van der Waals surface area contributed by atoms with Crippen LogP contribution in [-0.2, 0) is 9.47 Å². The molecule has 0 radical (unpaired) electrons. The maximum atomic E-state index is 13.8. The van der Waals surface area contributed by atoms with Crippen LogP contribution in [-0.4, -0.2) is 31.2 Å². The van der Waals surface area contributed by atoms with Crippen molar-refractivity contribution in [1.82, 2.24) is 0 Å². The minimum atomic E-state index is -1.05. The quantitative estimate of drug-likeness (QED) is 0.787. The second-order valence-electron chi connectivity index (χ2n) is 5.80. The Hall–Kier alpha value is -1.33. The number of hydrogen-bond acceptors (Lipinski definition) is 3. The van der Waals surface area contributed by atoms with Crippen molar-refractivity contribution in [3.05, 3.63) is 35.4 Å². The minimum absolute atomic E-state index is 0.149. The van der Waals surface area contributed by atoms with Gasteiger partial charge >= 0.3 is 0 Å². The molecule has 114 valence electrons. The van der Waals surface area contributed by atoms with E-state index in [9.17, 15) is 13.6 Å². The Bertz CT molecular complexity index is 533. The molecular weight excluding hydrogens is 278 g/mol. The predicted octanol–water partition coefficient (Wildman–Crippen LogP) is 3.12. The van der Waals surface area contributed by atoms with Crippen molar-refractivity contribution in [3.8, 4) is 0 Å². The topological polar surface area (TPSA) is 35.5 Å². The van der Waals surface area contributed by atoms with Gasteiger partial charge in [-0.2, -0.15) is 0 Å². The lowest BCUT2D eigenvalue weighted by molar-refractivity contribution is -0.142. The van der Waals surface area contributed by atoms with Gasteiger partial charge in [0.1, 0.15) is 0 Å². The number of carbonyl (C=O) groups excluding carboxylic acids is 1. The summed E-state index contributed by atoms with van der Waals surface area (Å²) < 4.78 is 38.3. The molecular formula is C16H18F2O3. The van der Waals surface area contributed by atoms with E-state index in [1.807, 2.05) is 0 Å². The number of benzene rings is 1. The van der Waals surface area contributed by atoms with E-state index in [1.165, 1.54) is 12.1 Å². The zero-order valence-corrected chi connectivity index (χ0v) is 11.7. The highest BCUT2D eigenvalue weighted by Gasteiger charge is 2.41. The number of carbonyl (C=O) groups is 1. The van der Waals surface area contributed by atoms with Gasteiger partial charge in [0.2, 0.25) is 0 Å². The molecule has 2 aliphatic rings. The highest BCUT2D eigenvalue weighted by atomic mass is 19.2. The van der Waals surface area contributed by atoms with Crippen molar-refractivity contribution in [2.24, 2.45) is 5.92 Å². The Kier molecular flexibility index (Phi) is 4.04. The van der Waals surface area contributed by atoms with E-state index in [4.69, 9.17) is 9.47 Å². The van der Waals surface area contributed by atoms with Gasteiger partial charge < -0.3 is 9.47 Å². The molecule has 0 bridgehead atoms. The lowest BCUT2D eigenvalue weighted by Gasteiger charge is -2.42. The van der Waals surface area contributed by atoms with Crippen molar-refractivity contribution >= 4 is 5.78 Å². The monoisotopic (exact) mass is 296 g/mol. The maximum absolute atomic E-state index is 13.8. The Morgan fingerprint density at radius 2 is 1.95 bits per heavy atom. The average molecular weight is 296 g/mol. The largest absolute Gasteiger partial charge is 0.381 e. The van der Waals surface area contributed by atoms with Crippen LogP contribution in [0.15, 0.2) is 18.2 Å². The number of halogens is 2. The molecule has 2 fully saturated rings. The molecule has 1 aromatic rings. The summed E-state index contributed by atoms with van der Waals surface area (Å²) in [5.41, 5.74) is -0.482. The smallest absolute Gasteiger partial charge is 0.169 e. The van der Waals surface area contributed by atoms with Gasteiger partial charge in [-0.3, -0.25) is 4.79 Å². The third kappa shape index (κ3) is 2.85. The van der Waals surface area contributed by atoms with Crippen molar-refractivity contribution < 1.29 is 23.0 Å². The molecule has 0 saturated carbocycles. The van der Waals surface area contributed by atoms with Crippen molar-refractivity contribution in [2.45, 2.75) is 31.3 Å². The van der Waals surface area contributed by atoms with E-state index in [2.05, 4.69) is 0 Å². The molecule has 1 unspecified atom stereocenters. The zero-order chi connectivity index (χ0) is 14.9. The van der Waals surface area contributed by atoms with Crippen molar-refractivity contribution in [3.63, 3.8) is 0 Å². The van der Waals surface area contributed by atoms with E-state index in [-0.39, 0.29) is 22.9 Å².